The maximum atomic E-state index is 5.97. The van der Waals surface area contributed by atoms with Crippen LogP contribution in [0.4, 0.5) is 0 Å². The number of allylic oxidation sites excluding steroid dienone is 3. The average molecular weight is 223 g/mol. The van der Waals surface area contributed by atoms with E-state index in [4.69, 9.17) is 4.74 Å². The lowest BCUT2D eigenvalue weighted by atomic mass is 9.84. The number of rotatable bonds is 0. The first kappa shape index (κ1) is 13.1. The van der Waals surface area contributed by atoms with Gasteiger partial charge in [-0.3, -0.25) is 0 Å². The topological polar surface area (TPSA) is 21.3 Å². The third kappa shape index (κ3) is 2.60. The minimum Gasteiger partial charge on any atom is -0.443 e. The molecule has 0 unspecified atom stereocenters. The molecule has 2 nitrogen and oxygen atoms in total. The zero-order valence-corrected chi connectivity index (χ0v) is 11.9. The lowest BCUT2D eigenvalue weighted by molar-refractivity contribution is 0.224. The van der Waals surface area contributed by atoms with Gasteiger partial charge in [0.15, 0.2) is 5.88 Å². The Morgan fingerprint density at radius 1 is 0.938 bits per heavy atom. The molecule has 0 aliphatic carbocycles. The highest BCUT2D eigenvalue weighted by Crippen LogP contribution is 2.41. The zero-order chi connectivity index (χ0) is 12.7. The molecule has 1 aliphatic rings. The zero-order valence-electron chi connectivity index (χ0n) is 11.9. The molecule has 0 bridgehead atoms. The molecule has 1 aliphatic heterocycles. The number of hydrogen-bond donors (Lipinski definition) is 1. The molecule has 1 rings (SSSR count). The normalized spacial score (nSPS) is 17.4. The molecule has 0 fully saturated rings. The molecular formula is C14H25NO. The number of nitrogens with one attached hydrogen (secondary N) is 1. The van der Waals surface area contributed by atoms with Crippen molar-refractivity contribution in [1.29, 1.82) is 0 Å². The van der Waals surface area contributed by atoms with Crippen molar-refractivity contribution in [3.63, 3.8) is 0 Å². The van der Waals surface area contributed by atoms with Crippen molar-refractivity contribution in [3.8, 4) is 0 Å². The Balaban J connectivity index is 3.21. The van der Waals surface area contributed by atoms with Crippen molar-refractivity contribution < 1.29 is 4.74 Å². The Morgan fingerprint density at radius 2 is 1.44 bits per heavy atom. The molecule has 0 atom stereocenters. The summed E-state index contributed by atoms with van der Waals surface area (Å²) < 4.78 is 5.97. The summed E-state index contributed by atoms with van der Waals surface area (Å²) in [5.74, 6) is 1.96. The van der Waals surface area contributed by atoms with Crippen molar-refractivity contribution in [1.82, 2.24) is 5.32 Å². The summed E-state index contributed by atoms with van der Waals surface area (Å²) in [5, 5.41) is 3.42. The molecule has 16 heavy (non-hydrogen) atoms. The fraction of sp³-hybridized carbons (Fsp3) is 0.714. The highest BCUT2D eigenvalue weighted by atomic mass is 16.5. The summed E-state index contributed by atoms with van der Waals surface area (Å²) in [5.41, 5.74) is 2.50. The molecule has 92 valence electrons. The van der Waals surface area contributed by atoms with E-state index < -0.39 is 0 Å². The molecule has 0 aromatic carbocycles. The molecule has 1 N–H and O–H groups in total. The standard InChI is InChI=1S/C14H25NO/c1-9(2)12-15-10(13(3,4)5)11(16-12)14(6,7)8/h15H,1-8H3. The van der Waals surface area contributed by atoms with Gasteiger partial charge in [0.2, 0.25) is 0 Å². The van der Waals surface area contributed by atoms with Crippen LogP contribution in [0.3, 0.4) is 0 Å². The van der Waals surface area contributed by atoms with Gasteiger partial charge in [-0.15, -0.1) is 0 Å². The first-order valence-electron chi connectivity index (χ1n) is 5.91. The quantitative estimate of drug-likeness (QED) is 0.665. The van der Waals surface area contributed by atoms with E-state index in [2.05, 4.69) is 60.7 Å². The smallest absolute Gasteiger partial charge is 0.195 e. The van der Waals surface area contributed by atoms with Gasteiger partial charge in [-0.05, 0) is 19.4 Å². The summed E-state index contributed by atoms with van der Waals surface area (Å²) in [7, 11) is 0. The third-order valence-corrected chi connectivity index (χ3v) is 2.56. The van der Waals surface area contributed by atoms with Crippen LogP contribution in [0.15, 0.2) is 22.9 Å². The van der Waals surface area contributed by atoms with Gasteiger partial charge in [-0.25, -0.2) is 0 Å². The molecule has 0 aromatic heterocycles. The van der Waals surface area contributed by atoms with Crippen molar-refractivity contribution >= 4 is 0 Å². The van der Waals surface area contributed by atoms with Gasteiger partial charge in [0.1, 0.15) is 5.76 Å². The minimum atomic E-state index is 0.0345. The first-order chi connectivity index (χ1) is 7.03. The predicted molar refractivity (Wildman–Crippen MR) is 68.5 cm³/mol. The van der Waals surface area contributed by atoms with Gasteiger partial charge in [-0.1, -0.05) is 41.5 Å². The van der Waals surface area contributed by atoms with Crippen molar-refractivity contribution in [2.75, 3.05) is 0 Å². The van der Waals surface area contributed by atoms with Crippen LogP contribution in [0.5, 0.6) is 0 Å². The Labute approximate surface area is 99.8 Å². The second-order valence-electron chi connectivity index (χ2n) is 6.76. The third-order valence-electron chi connectivity index (χ3n) is 2.56. The van der Waals surface area contributed by atoms with E-state index in [1.54, 1.807) is 0 Å². The highest BCUT2D eigenvalue weighted by Gasteiger charge is 2.35. The van der Waals surface area contributed by atoms with Crippen LogP contribution < -0.4 is 5.32 Å². The van der Waals surface area contributed by atoms with Crippen LogP contribution in [0.2, 0.25) is 0 Å². The van der Waals surface area contributed by atoms with Crippen LogP contribution in [0.25, 0.3) is 0 Å². The second-order valence-corrected chi connectivity index (χ2v) is 6.76. The average Bonchev–Trinajstić information content (AvgIpc) is 2.44. The van der Waals surface area contributed by atoms with Crippen LogP contribution >= 0.6 is 0 Å². The van der Waals surface area contributed by atoms with E-state index >= 15 is 0 Å². The lowest BCUT2D eigenvalue weighted by Crippen LogP contribution is -2.23. The monoisotopic (exact) mass is 223 g/mol. The fourth-order valence-corrected chi connectivity index (χ4v) is 1.63. The summed E-state index contributed by atoms with van der Waals surface area (Å²) in [6.07, 6.45) is 0. The molecule has 0 spiro atoms. The molecule has 1 heterocycles. The van der Waals surface area contributed by atoms with Crippen LogP contribution in [-0.4, -0.2) is 0 Å². The van der Waals surface area contributed by atoms with E-state index in [-0.39, 0.29) is 10.8 Å². The van der Waals surface area contributed by atoms with E-state index in [1.165, 1.54) is 11.3 Å². The van der Waals surface area contributed by atoms with Gasteiger partial charge < -0.3 is 10.1 Å². The molecule has 0 amide bonds. The fourth-order valence-electron chi connectivity index (χ4n) is 1.63. The van der Waals surface area contributed by atoms with Crippen LogP contribution in [0, 0.1) is 10.8 Å². The highest BCUT2D eigenvalue weighted by molar-refractivity contribution is 5.29. The van der Waals surface area contributed by atoms with Crippen LogP contribution in [-0.2, 0) is 4.74 Å². The molecule has 0 saturated heterocycles. The molecular weight excluding hydrogens is 198 g/mol. The Morgan fingerprint density at radius 3 is 1.69 bits per heavy atom. The van der Waals surface area contributed by atoms with Crippen molar-refractivity contribution in [2.45, 2.75) is 55.4 Å². The summed E-state index contributed by atoms with van der Waals surface area (Å²) >= 11 is 0. The van der Waals surface area contributed by atoms with Crippen molar-refractivity contribution in [2.24, 2.45) is 10.8 Å². The van der Waals surface area contributed by atoms with E-state index in [1.807, 2.05) is 0 Å². The van der Waals surface area contributed by atoms with Gasteiger partial charge >= 0.3 is 0 Å². The Bertz CT molecular complexity index is 316. The summed E-state index contributed by atoms with van der Waals surface area (Å²) in [4.78, 5) is 0. The minimum absolute atomic E-state index is 0.0345. The largest absolute Gasteiger partial charge is 0.443 e. The van der Waals surface area contributed by atoms with E-state index in [0.29, 0.717) is 0 Å². The van der Waals surface area contributed by atoms with E-state index in [0.717, 1.165) is 11.6 Å². The predicted octanol–water partition coefficient (Wildman–Crippen LogP) is 4.16. The summed E-state index contributed by atoms with van der Waals surface area (Å²) in [6, 6.07) is 0. The van der Waals surface area contributed by atoms with Crippen LogP contribution in [0.1, 0.15) is 55.4 Å². The maximum Gasteiger partial charge on any atom is 0.195 e. The Hall–Kier alpha value is -0.920. The Kier molecular flexibility index (Phi) is 3.15. The lowest BCUT2D eigenvalue weighted by Gasteiger charge is -2.25. The molecule has 0 saturated carbocycles. The maximum absolute atomic E-state index is 5.97. The SMILES string of the molecule is CC(C)=C1NC(C(C)(C)C)=C(C(C)(C)C)O1. The number of ether oxygens (including phenoxy) is 1. The van der Waals surface area contributed by atoms with Gasteiger partial charge in [0.25, 0.3) is 0 Å². The summed E-state index contributed by atoms with van der Waals surface area (Å²) in [6.45, 7) is 17.3. The van der Waals surface area contributed by atoms with Gasteiger partial charge in [0.05, 0.1) is 5.70 Å². The first-order valence-corrected chi connectivity index (χ1v) is 5.91. The second kappa shape index (κ2) is 3.83. The van der Waals surface area contributed by atoms with E-state index in [9.17, 15) is 0 Å². The van der Waals surface area contributed by atoms with Gasteiger partial charge in [0, 0.05) is 10.8 Å². The number of hydrogen-bond acceptors (Lipinski definition) is 2. The molecule has 0 radical (unpaired) electrons. The van der Waals surface area contributed by atoms with Crippen molar-refractivity contribution in [3.05, 3.63) is 22.9 Å². The van der Waals surface area contributed by atoms with Gasteiger partial charge in [-0.2, -0.15) is 0 Å². The molecule has 2 heteroatoms. The molecule has 0 aromatic rings.